The first-order valence-corrected chi connectivity index (χ1v) is 5.39. The van der Waals surface area contributed by atoms with E-state index in [1.165, 1.54) is 24.4 Å². The largest absolute Gasteiger partial charge is 0.507 e. The predicted molar refractivity (Wildman–Crippen MR) is 68.1 cm³/mol. The lowest BCUT2D eigenvalue weighted by molar-refractivity contribution is -0.384. The standard InChI is InChI=1S/C12H10N4O3/c17-12-2-1-11(16(18)19)5-9(12)6-14-8-10-7-13-3-4-15-10/h1-7,17H,8H2. The normalized spacial score (nSPS) is 10.7. The predicted octanol–water partition coefficient (Wildman–Crippen LogP) is 1.71. The lowest BCUT2D eigenvalue weighted by atomic mass is 10.2. The summed E-state index contributed by atoms with van der Waals surface area (Å²) < 4.78 is 0. The molecule has 0 atom stereocenters. The van der Waals surface area contributed by atoms with Gasteiger partial charge in [-0.1, -0.05) is 0 Å². The highest BCUT2D eigenvalue weighted by molar-refractivity contribution is 5.84. The average Bonchev–Trinajstić information content (AvgIpc) is 2.42. The van der Waals surface area contributed by atoms with E-state index < -0.39 is 4.92 Å². The highest BCUT2D eigenvalue weighted by Gasteiger charge is 2.08. The lowest BCUT2D eigenvalue weighted by Gasteiger charge is -1.98. The second-order valence-electron chi connectivity index (χ2n) is 3.67. The molecule has 0 aliphatic carbocycles. The number of phenols is 1. The minimum absolute atomic E-state index is 0.0616. The summed E-state index contributed by atoms with van der Waals surface area (Å²) in [6.45, 7) is 0.288. The quantitative estimate of drug-likeness (QED) is 0.511. The van der Waals surface area contributed by atoms with Crippen molar-refractivity contribution in [1.82, 2.24) is 9.97 Å². The molecule has 0 aliphatic heterocycles. The van der Waals surface area contributed by atoms with Crippen LogP contribution in [0.1, 0.15) is 11.3 Å². The smallest absolute Gasteiger partial charge is 0.270 e. The number of aromatic nitrogens is 2. The minimum atomic E-state index is -0.528. The van der Waals surface area contributed by atoms with Gasteiger partial charge in [-0.25, -0.2) is 0 Å². The Bertz CT molecular complexity index is 614. The number of rotatable bonds is 4. The van der Waals surface area contributed by atoms with Crippen LogP contribution in [-0.2, 0) is 6.54 Å². The van der Waals surface area contributed by atoms with Crippen molar-refractivity contribution in [2.45, 2.75) is 6.54 Å². The van der Waals surface area contributed by atoms with Crippen molar-refractivity contribution in [3.63, 3.8) is 0 Å². The Morgan fingerprint density at radius 2 is 2.26 bits per heavy atom. The van der Waals surface area contributed by atoms with Gasteiger partial charge >= 0.3 is 0 Å². The molecule has 1 heterocycles. The summed E-state index contributed by atoms with van der Waals surface area (Å²) in [4.78, 5) is 22.1. The van der Waals surface area contributed by atoms with E-state index in [2.05, 4.69) is 15.0 Å². The second kappa shape index (κ2) is 5.67. The fourth-order valence-electron chi connectivity index (χ4n) is 1.41. The van der Waals surface area contributed by atoms with Crippen LogP contribution in [-0.4, -0.2) is 26.2 Å². The molecule has 0 saturated heterocycles. The van der Waals surface area contributed by atoms with Crippen LogP contribution in [0.15, 0.2) is 41.8 Å². The van der Waals surface area contributed by atoms with E-state index in [1.54, 1.807) is 18.6 Å². The van der Waals surface area contributed by atoms with Crippen molar-refractivity contribution in [3.05, 3.63) is 58.2 Å². The number of hydrogen-bond acceptors (Lipinski definition) is 6. The Labute approximate surface area is 108 Å². The van der Waals surface area contributed by atoms with Crippen molar-refractivity contribution < 1.29 is 10.0 Å². The maximum absolute atomic E-state index is 10.6. The molecule has 1 aromatic carbocycles. The van der Waals surface area contributed by atoms with Gasteiger partial charge in [-0.05, 0) is 6.07 Å². The van der Waals surface area contributed by atoms with E-state index in [0.29, 0.717) is 5.69 Å². The molecule has 1 aromatic heterocycles. The molecule has 7 nitrogen and oxygen atoms in total. The van der Waals surface area contributed by atoms with Crippen molar-refractivity contribution in [1.29, 1.82) is 0 Å². The maximum Gasteiger partial charge on any atom is 0.270 e. The average molecular weight is 258 g/mol. The van der Waals surface area contributed by atoms with Crippen molar-refractivity contribution in [2.75, 3.05) is 0 Å². The number of hydrogen-bond donors (Lipinski definition) is 1. The van der Waals surface area contributed by atoms with E-state index in [0.717, 1.165) is 0 Å². The van der Waals surface area contributed by atoms with Gasteiger partial charge in [0.05, 0.1) is 23.4 Å². The Morgan fingerprint density at radius 1 is 1.42 bits per heavy atom. The fraction of sp³-hybridized carbons (Fsp3) is 0.0833. The third-order valence-corrected chi connectivity index (χ3v) is 2.32. The molecule has 0 amide bonds. The van der Waals surface area contributed by atoms with Gasteiger partial charge in [-0.2, -0.15) is 0 Å². The number of benzene rings is 1. The van der Waals surface area contributed by atoms with Crippen LogP contribution in [0.25, 0.3) is 0 Å². The summed E-state index contributed by atoms with van der Waals surface area (Å²) in [6.07, 6.45) is 6.05. The number of nitrogens with zero attached hydrogens (tertiary/aromatic N) is 4. The third kappa shape index (κ3) is 3.32. The molecular weight excluding hydrogens is 248 g/mol. The highest BCUT2D eigenvalue weighted by atomic mass is 16.6. The van der Waals surface area contributed by atoms with Gasteiger partial charge < -0.3 is 5.11 Å². The van der Waals surface area contributed by atoms with Crippen LogP contribution in [0.3, 0.4) is 0 Å². The Kier molecular flexibility index (Phi) is 3.77. The van der Waals surface area contributed by atoms with E-state index in [4.69, 9.17) is 0 Å². The number of non-ortho nitro benzene ring substituents is 1. The molecule has 0 spiro atoms. The summed E-state index contributed by atoms with van der Waals surface area (Å²) in [5.41, 5.74) is 0.862. The SMILES string of the molecule is O=[N+]([O-])c1ccc(O)c(C=NCc2cnccn2)c1. The first-order valence-electron chi connectivity index (χ1n) is 5.39. The van der Waals surface area contributed by atoms with Gasteiger partial charge in [0, 0.05) is 36.3 Å². The topological polar surface area (TPSA) is 102 Å². The zero-order chi connectivity index (χ0) is 13.7. The van der Waals surface area contributed by atoms with Gasteiger partial charge in [-0.15, -0.1) is 0 Å². The third-order valence-electron chi connectivity index (χ3n) is 2.32. The molecule has 2 rings (SSSR count). The molecule has 2 aromatic rings. The van der Waals surface area contributed by atoms with Crippen LogP contribution in [0.4, 0.5) is 5.69 Å². The second-order valence-corrected chi connectivity index (χ2v) is 3.67. The van der Waals surface area contributed by atoms with Crippen LogP contribution >= 0.6 is 0 Å². The molecule has 7 heteroatoms. The van der Waals surface area contributed by atoms with E-state index >= 15 is 0 Å². The molecular formula is C12H10N4O3. The van der Waals surface area contributed by atoms with E-state index in [-0.39, 0.29) is 23.5 Å². The number of nitro groups is 1. The van der Waals surface area contributed by atoms with Crippen LogP contribution in [0, 0.1) is 10.1 Å². The molecule has 1 N–H and O–H groups in total. The molecule has 0 aliphatic rings. The fourth-order valence-corrected chi connectivity index (χ4v) is 1.41. The molecule has 0 bridgehead atoms. The van der Waals surface area contributed by atoms with E-state index in [1.807, 2.05) is 0 Å². The first kappa shape index (κ1) is 12.6. The summed E-state index contributed by atoms with van der Waals surface area (Å²) in [6, 6.07) is 3.76. The Morgan fingerprint density at radius 3 is 2.95 bits per heavy atom. The van der Waals surface area contributed by atoms with E-state index in [9.17, 15) is 15.2 Å². The van der Waals surface area contributed by atoms with Crippen LogP contribution in [0.5, 0.6) is 5.75 Å². The molecule has 0 unspecified atom stereocenters. The number of nitro benzene ring substituents is 1. The number of aromatic hydroxyl groups is 1. The van der Waals surface area contributed by atoms with Crippen molar-refractivity contribution >= 4 is 11.9 Å². The molecule has 0 saturated carbocycles. The maximum atomic E-state index is 10.6. The van der Waals surface area contributed by atoms with Crippen LogP contribution in [0.2, 0.25) is 0 Å². The summed E-state index contributed by atoms with van der Waals surface area (Å²) >= 11 is 0. The summed E-state index contributed by atoms with van der Waals surface area (Å²) in [5.74, 6) is -0.0616. The lowest BCUT2D eigenvalue weighted by Crippen LogP contribution is -1.92. The number of phenolic OH excluding ortho intramolecular Hbond substituents is 1. The molecule has 96 valence electrons. The molecule has 0 fully saturated rings. The van der Waals surface area contributed by atoms with Gasteiger partial charge in [-0.3, -0.25) is 25.1 Å². The summed E-state index contributed by atoms with van der Waals surface area (Å²) in [7, 11) is 0. The number of aliphatic imine (C=N–C) groups is 1. The highest BCUT2D eigenvalue weighted by Crippen LogP contribution is 2.21. The van der Waals surface area contributed by atoms with Crippen LogP contribution < -0.4 is 0 Å². The van der Waals surface area contributed by atoms with Gasteiger partial charge in [0.2, 0.25) is 0 Å². The van der Waals surface area contributed by atoms with Crippen molar-refractivity contribution in [3.8, 4) is 5.75 Å². The van der Waals surface area contributed by atoms with Gasteiger partial charge in [0.25, 0.3) is 5.69 Å². The minimum Gasteiger partial charge on any atom is -0.507 e. The zero-order valence-corrected chi connectivity index (χ0v) is 9.80. The Hall–Kier alpha value is -2.83. The zero-order valence-electron chi connectivity index (χ0n) is 9.80. The molecule has 19 heavy (non-hydrogen) atoms. The first-order chi connectivity index (χ1) is 9.16. The monoisotopic (exact) mass is 258 g/mol. The van der Waals surface area contributed by atoms with Gasteiger partial charge in [0.15, 0.2) is 0 Å². The van der Waals surface area contributed by atoms with Gasteiger partial charge in [0.1, 0.15) is 5.75 Å². The Balaban J connectivity index is 2.14. The molecule has 0 radical (unpaired) electrons. The summed E-state index contributed by atoms with van der Waals surface area (Å²) in [5, 5.41) is 20.2. The van der Waals surface area contributed by atoms with Crippen molar-refractivity contribution in [2.24, 2.45) is 4.99 Å².